The molecule has 0 saturated carbocycles. The molecule has 0 aliphatic heterocycles. The lowest BCUT2D eigenvalue weighted by atomic mass is 10.3. The van der Waals surface area contributed by atoms with E-state index in [0.29, 0.717) is 17.2 Å². The van der Waals surface area contributed by atoms with Crippen molar-refractivity contribution in [2.24, 2.45) is 0 Å². The fourth-order valence-corrected chi connectivity index (χ4v) is 2.01. The summed E-state index contributed by atoms with van der Waals surface area (Å²) in [7, 11) is -2.55. The van der Waals surface area contributed by atoms with Crippen molar-refractivity contribution in [2.45, 2.75) is 13.0 Å². The summed E-state index contributed by atoms with van der Waals surface area (Å²) in [6.45, 7) is 1.54. The minimum absolute atomic E-state index is 0.393. The van der Waals surface area contributed by atoms with E-state index in [9.17, 15) is 8.42 Å². The summed E-state index contributed by atoms with van der Waals surface area (Å²) in [4.78, 5) is 0. The van der Waals surface area contributed by atoms with Crippen LogP contribution in [-0.4, -0.2) is 31.9 Å². The van der Waals surface area contributed by atoms with Gasteiger partial charge in [-0.3, -0.25) is 4.55 Å². The first-order valence-corrected chi connectivity index (χ1v) is 6.48. The minimum Gasteiger partial charge on any atom is -0.495 e. The molecular weight excluding hydrogens is 246 g/mol. The molecule has 1 rings (SSSR count). The van der Waals surface area contributed by atoms with Gasteiger partial charge in [-0.25, -0.2) is 0 Å². The lowest BCUT2D eigenvalue weighted by Gasteiger charge is -2.14. The van der Waals surface area contributed by atoms with Gasteiger partial charge in [0.05, 0.1) is 12.8 Å². The maximum Gasteiger partial charge on any atom is 0.268 e. The number of nitrogens with two attached hydrogens (primary N) is 1. The first-order chi connectivity index (χ1) is 7.81. The van der Waals surface area contributed by atoms with Crippen molar-refractivity contribution < 1.29 is 22.4 Å². The molecule has 1 atom stereocenters. The molecule has 0 heterocycles. The highest BCUT2D eigenvalue weighted by Crippen LogP contribution is 2.26. The van der Waals surface area contributed by atoms with Crippen LogP contribution in [0.4, 0.5) is 5.69 Å². The van der Waals surface area contributed by atoms with Gasteiger partial charge in [-0.05, 0) is 19.1 Å². The molecule has 0 aliphatic carbocycles. The van der Waals surface area contributed by atoms with Gasteiger partial charge in [0.15, 0.2) is 0 Å². The largest absolute Gasteiger partial charge is 0.495 e. The predicted octanol–water partition coefficient (Wildman–Crippen LogP) is 0.933. The van der Waals surface area contributed by atoms with Gasteiger partial charge in [-0.2, -0.15) is 8.42 Å². The topological polar surface area (TPSA) is 98.8 Å². The van der Waals surface area contributed by atoms with E-state index in [0.717, 1.165) is 0 Å². The average molecular weight is 261 g/mol. The number of hydrogen-bond acceptors (Lipinski definition) is 5. The maximum absolute atomic E-state index is 10.6. The SMILES string of the molecule is COc1ccc(OC(C)CS(=O)(=O)O)cc1N. The van der Waals surface area contributed by atoms with Crippen LogP contribution >= 0.6 is 0 Å². The van der Waals surface area contributed by atoms with Crippen LogP contribution in [0.3, 0.4) is 0 Å². The Morgan fingerprint density at radius 3 is 2.59 bits per heavy atom. The molecule has 1 aromatic rings. The van der Waals surface area contributed by atoms with Crippen LogP contribution in [0.25, 0.3) is 0 Å². The van der Waals surface area contributed by atoms with Gasteiger partial charge in [-0.1, -0.05) is 0 Å². The van der Waals surface area contributed by atoms with Gasteiger partial charge in [0.2, 0.25) is 0 Å². The lowest BCUT2D eigenvalue weighted by molar-refractivity contribution is 0.241. The molecule has 0 aromatic heterocycles. The van der Waals surface area contributed by atoms with Crippen molar-refractivity contribution >= 4 is 15.8 Å². The van der Waals surface area contributed by atoms with E-state index in [1.165, 1.54) is 20.1 Å². The van der Waals surface area contributed by atoms with Crippen LogP contribution in [0, 0.1) is 0 Å². The number of nitrogen functional groups attached to an aromatic ring is 1. The summed E-state index contributed by atoms with van der Waals surface area (Å²) in [5, 5.41) is 0. The number of methoxy groups -OCH3 is 1. The Labute approximate surface area is 100 Å². The Hall–Kier alpha value is -1.47. The third-order valence-electron chi connectivity index (χ3n) is 1.98. The van der Waals surface area contributed by atoms with Crippen molar-refractivity contribution in [1.29, 1.82) is 0 Å². The molecule has 0 bridgehead atoms. The summed E-state index contributed by atoms with van der Waals surface area (Å²) in [5.74, 6) is 0.457. The van der Waals surface area contributed by atoms with Crippen LogP contribution in [0.2, 0.25) is 0 Å². The molecule has 6 nitrogen and oxygen atoms in total. The fourth-order valence-electron chi connectivity index (χ4n) is 1.35. The highest BCUT2D eigenvalue weighted by Gasteiger charge is 2.14. The van der Waals surface area contributed by atoms with Gasteiger partial charge < -0.3 is 15.2 Å². The second-order valence-corrected chi connectivity index (χ2v) is 5.08. The summed E-state index contributed by atoms with van der Waals surface area (Å²) in [6.07, 6.45) is -0.669. The zero-order valence-corrected chi connectivity index (χ0v) is 10.4. The van der Waals surface area contributed by atoms with Crippen molar-refractivity contribution in [3.63, 3.8) is 0 Å². The quantitative estimate of drug-likeness (QED) is 0.604. The van der Waals surface area contributed by atoms with E-state index in [1.807, 2.05) is 0 Å². The molecule has 1 aromatic carbocycles. The molecule has 0 aliphatic rings. The number of hydrogen-bond donors (Lipinski definition) is 2. The lowest BCUT2D eigenvalue weighted by Crippen LogP contribution is -2.23. The van der Waals surface area contributed by atoms with E-state index in [-0.39, 0.29) is 0 Å². The number of ether oxygens (including phenoxy) is 2. The van der Waals surface area contributed by atoms with Crippen LogP contribution in [0.15, 0.2) is 18.2 Å². The molecule has 1 unspecified atom stereocenters. The van der Waals surface area contributed by atoms with E-state index >= 15 is 0 Å². The highest BCUT2D eigenvalue weighted by molar-refractivity contribution is 7.85. The molecular formula is C10H15NO5S. The minimum atomic E-state index is -4.05. The van der Waals surface area contributed by atoms with Gasteiger partial charge in [0.1, 0.15) is 23.4 Å². The van der Waals surface area contributed by atoms with E-state index in [1.54, 1.807) is 12.1 Å². The summed E-state index contributed by atoms with van der Waals surface area (Å²) in [5.41, 5.74) is 6.05. The summed E-state index contributed by atoms with van der Waals surface area (Å²) >= 11 is 0. The van der Waals surface area contributed by atoms with Gasteiger partial charge in [-0.15, -0.1) is 0 Å². The van der Waals surface area contributed by atoms with Crippen molar-refractivity contribution in [1.82, 2.24) is 0 Å². The molecule has 96 valence electrons. The first kappa shape index (κ1) is 13.6. The Kier molecular flexibility index (Phi) is 4.19. The normalized spacial score (nSPS) is 13.1. The summed E-state index contributed by atoms with van der Waals surface area (Å²) < 4.78 is 40.2. The summed E-state index contributed by atoms with van der Waals surface area (Å²) in [6, 6.07) is 4.75. The van der Waals surface area contributed by atoms with Crippen molar-refractivity contribution in [3.05, 3.63) is 18.2 Å². The van der Waals surface area contributed by atoms with Crippen molar-refractivity contribution in [3.8, 4) is 11.5 Å². The fraction of sp³-hybridized carbons (Fsp3) is 0.400. The van der Waals surface area contributed by atoms with Crippen LogP contribution in [-0.2, 0) is 10.1 Å². The zero-order chi connectivity index (χ0) is 13.1. The molecule has 0 saturated heterocycles. The Morgan fingerprint density at radius 1 is 1.47 bits per heavy atom. The Bertz CT molecular complexity index is 485. The second-order valence-electron chi connectivity index (χ2n) is 3.58. The van der Waals surface area contributed by atoms with E-state index in [4.69, 9.17) is 19.8 Å². The standard InChI is InChI=1S/C10H15NO5S/c1-7(6-17(12,13)14)16-8-3-4-10(15-2)9(11)5-8/h3-5,7H,6,11H2,1-2H3,(H,12,13,14). The van der Waals surface area contributed by atoms with Crippen LogP contribution in [0.1, 0.15) is 6.92 Å². The molecule has 0 fully saturated rings. The smallest absolute Gasteiger partial charge is 0.268 e. The molecule has 3 N–H and O–H groups in total. The first-order valence-electron chi connectivity index (χ1n) is 4.87. The van der Waals surface area contributed by atoms with Gasteiger partial charge in [0, 0.05) is 6.07 Å². The molecule has 0 amide bonds. The highest BCUT2D eigenvalue weighted by atomic mass is 32.2. The van der Waals surface area contributed by atoms with Crippen LogP contribution in [0.5, 0.6) is 11.5 Å². The van der Waals surface area contributed by atoms with Crippen molar-refractivity contribution in [2.75, 3.05) is 18.6 Å². The third-order valence-corrected chi connectivity index (χ3v) is 2.87. The zero-order valence-electron chi connectivity index (χ0n) is 9.58. The number of anilines is 1. The van der Waals surface area contributed by atoms with Gasteiger partial charge in [0.25, 0.3) is 10.1 Å². The predicted molar refractivity (Wildman–Crippen MR) is 63.9 cm³/mol. The van der Waals surface area contributed by atoms with E-state index < -0.39 is 22.0 Å². The second kappa shape index (κ2) is 5.24. The molecule has 17 heavy (non-hydrogen) atoms. The monoisotopic (exact) mass is 261 g/mol. The average Bonchev–Trinajstić information content (AvgIpc) is 2.14. The Morgan fingerprint density at radius 2 is 2.12 bits per heavy atom. The van der Waals surface area contributed by atoms with Gasteiger partial charge >= 0.3 is 0 Å². The Balaban J connectivity index is 2.72. The number of benzene rings is 1. The molecule has 0 radical (unpaired) electrons. The number of rotatable bonds is 5. The molecule has 0 spiro atoms. The third kappa shape index (κ3) is 4.49. The van der Waals surface area contributed by atoms with Crippen LogP contribution < -0.4 is 15.2 Å². The molecule has 7 heteroatoms. The maximum atomic E-state index is 10.6. The van der Waals surface area contributed by atoms with E-state index in [2.05, 4.69) is 0 Å².